The Morgan fingerprint density at radius 3 is 2.27 bits per heavy atom. The molecular formula is C13H18N2. The predicted molar refractivity (Wildman–Crippen MR) is 63.2 cm³/mol. The van der Waals surface area contributed by atoms with E-state index in [-0.39, 0.29) is 0 Å². The Balaban J connectivity index is 1.74. The fourth-order valence-electron chi connectivity index (χ4n) is 2.47. The molecule has 15 heavy (non-hydrogen) atoms. The molecule has 0 radical (unpaired) electrons. The molecule has 0 bridgehead atoms. The van der Waals surface area contributed by atoms with Crippen molar-refractivity contribution in [3.05, 3.63) is 29.8 Å². The topological polar surface area (TPSA) is 15.3 Å². The number of benzene rings is 1. The van der Waals surface area contributed by atoms with Crippen LogP contribution in [0.1, 0.15) is 30.9 Å². The molecule has 2 nitrogen and oxygen atoms in total. The van der Waals surface area contributed by atoms with Crippen molar-refractivity contribution < 1.29 is 0 Å². The lowest BCUT2D eigenvalue weighted by Gasteiger charge is -2.28. The molecule has 0 saturated carbocycles. The van der Waals surface area contributed by atoms with Crippen molar-refractivity contribution in [2.75, 3.05) is 24.5 Å². The van der Waals surface area contributed by atoms with Gasteiger partial charge in [0.15, 0.2) is 0 Å². The normalized spacial score (nSPS) is 25.3. The van der Waals surface area contributed by atoms with Gasteiger partial charge in [0.05, 0.1) is 0 Å². The third-order valence-corrected chi connectivity index (χ3v) is 3.59. The highest BCUT2D eigenvalue weighted by Crippen LogP contribution is 2.26. The zero-order valence-electron chi connectivity index (χ0n) is 9.08. The molecule has 2 aliphatic rings. The van der Waals surface area contributed by atoms with E-state index in [9.17, 15) is 0 Å². The lowest BCUT2D eigenvalue weighted by molar-refractivity contribution is 0.383. The van der Waals surface area contributed by atoms with E-state index in [2.05, 4.69) is 34.5 Å². The number of anilines is 1. The van der Waals surface area contributed by atoms with Gasteiger partial charge < -0.3 is 10.2 Å². The van der Waals surface area contributed by atoms with Gasteiger partial charge in [-0.15, -0.1) is 0 Å². The highest BCUT2D eigenvalue weighted by atomic mass is 15.1. The minimum absolute atomic E-state index is 0.623. The summed E-state index contributed by atoms with van der Waals surface area (Å²) in [6.07, 6.45) is 4.00. The van der Waals surface area contributed by atoms with Crippen molar-refractivity contribution >= 4 is 5.69 Å². The Bertz CT molecular complexity index is 321. The Labute approximate surface area is 91.3 Å². The zero-order chi connectivity index (χ0) is 10.1. The SMILES string of the molecule is c1cc(N2CCCC2)ccc1[C@@H]1CCN1. The lowest BCUT2D eigenvalue weighted by atomic mass is 9.98. The van der Waals surface area contributed by atoms with E-state index in [0.29, 0.717) is 6.04 Å². The average Bonchev–Trinajstić information content (AvgIpc) is 2.69. The standard InChI is InChI=1S/C13H18N2/c1-2-10-15(9-1)12-5-3-11(4-6-12)13-7-8-14-13/h3-6,13-14H,1-2,7-10H2/t13-/m0/s1. The second-order valence-corrected chi connectivity index (χ2v) is 4.58. The first-order valence-corrected chi connectivity index (χ1v) is 6.02. The van der Waals surface area contributed by atoms with Gasteiger partial charge in [0.2, 0.25) is 0 Å². The van der Waals surface area contributed by atoms with E-state index in [1.54, 1.807) is 0 Å². The Morgan fingerprint density at radius 2 is 1.73 bits per heavy atom. The first-order chi connectivity index (χ1) is 7.43. The maximum Gasteiger partial charge on any atom is 0.0366 e. The number of hydrogen-bond donors (Lipinski definition) is 1. The highest BCUT2D eigenvalue weighted by molar-refractivity contribution is 5.48. The van der Waals surface area contributed by atoms with Crippen LogP contribution in [0.5, 0.6) is 0 Å². The fourth-order valence-corrected chi connectivity index (χ4v) is 2.47. The second-order valence-electron chi connectivity index (χ2n) is 4.58. The van der Waals surface area contributed by atoms with Crippen LogP contribution in [-0.2, 0) is 0 Å². The van der Waals surface area contributed by atoms with Crippen molar-refractivity contribution in [3.8, 4) is 0 Å². The highest BCUT2D eigenvalue weighted by Gasteiger charge is 2.18. The molecule has 2 saturated heterocycles. The quantitative estimate of drug-likeness (QED) is 0.791. The Morgan fingerprint density at radius 1 is 1.07 bits per heavy atom. The van der Waals surface area contributed by atoms with Gasteiger partial charge in [-0.1, -0.05) is 12.1 Å². The van der Waals surface area contributed by atoms with E-state index in [0.717, 1.165) is 0 Å². The third kappa shape index (κ3) is 1.74. The second kappa shape index (κ2) is 3.86. The molecule has 1 atom stereocenters. The van der Waals surface area contributed by atoms with Gasteiger partial charge in [-0.2, -0.15) is 0 Å². The van der Waals surface area contributed by atoms with Crippen molar-refractivity contribution in [1.29, 1.82) is 0 Å². The summed E-state index contributed by atoms with van der Waals surface area (Å²) in [5.41, 5.74) is 2.85. The molecule has 2 heteroatoms. The maximum absolute atomic E-state index is 3.44. The largest absolute Gasteiger partial charge is 0.372 e. The van der Waals surface area contributed by atoms with Crippen LogP contribution < -0.4 is 10.2 Å². The van der Waals surface area contributed by atoms with Crippen molar-refractivity contribution in [1.82, 2.24) is 5.32 Å². The van der Waals surface area contributed by atoms with E-state index in [4.69, 9.17) is 0 Å². The van der Waals surface area contributed by atoms with Crippen molar-refractivity contribution in [2.45, 2.75) is 25.3 Å². The molecule has 3 rings (SSSR count). The molecule has 0 spiro atoms. The van der Waals surface area contributed by atoms with Crippen LogP contribution in [0.2, 0.25) is 0 Å². The smallest absolute Gasteiger partial charge is 0.0366 e. The summed E-state index contributed by atoms with van der Waals surface area (Å²) in [7, 11) is 0. The first kappa shape index (κ1) is 9.22. The van der Waals surface area contributed by atoms with Gasteiger partial charge in [0, 0.05) is 24.8 Å². The van der Waals surface area contributed by atoms with E-state index in [1.165, 1.54) is 50.1 Å². The molecule has 1 N–H and O–H groups in total. The lowest BCUT2D eigenvalue weighted by Crippen LogP contribution is -2.34. The minimum atomic E-state index is 0.623. The van der Waals surface area contributed by atoms with Gasteiger partial charge >= 0.3 is 0 Å². The molecule has 0 unspecified atom stereocenters. The van der Waals surface area contributed by atoms with Gasteiger partial charge in [-0.05, 0) is 43.5 Å². The predicted octanol–water partition coefficient (Wildman–Crippen LogP) is 2.32. The van der Waals surface area contributed by atoms with E-state index < -0.39 is 0 Å². The van der Waals surface area contributed by atoms with Crippen LogP contribution in [-0.4, -0.2) is 19.6 Å². The molecule has 2 aliphatic heterocycles. The summed E-state index contributed by atoms with van der Waals surface area (Å²) < 4.78 is 0. The Kier molecular flexibility index (Phi) is 2.37. The van der Waals surface area contributed by atoms with Gasteiger partial charge in [0.25, 0.3) is 0 Å². The van der Waals surface area contributed by atoms with Crippen LogP contribution in [0, 0.1) is 0 Å². The zero-order valence-corrected chi connectivity index (χ0v) is 9.08. The first-order valence-electron chi connectivity index (χ1n) is 6.02. The third-order valence-electron chi connectivity index (χ3n) is 3.59. The minimum Gasteiger partial charge on any atom is -0.372 e. The molecule has 1 aromatic rings. The fraction of sp³-hybridized carbons (Fsp3) is 0.538. The maximum atomic E-state index is 3.44. The monoisotopic (exact) mass is 202 g/mol. The van der Waals surface area contributed by atoms with Gasteiger partial charge in [-0.3, -0.25) is 0 Å². The van der Waals surface area contributed by atoms with Crippen LogP contribution in [0.3, 0.4) is 0 Å². The van der Waals surface area contributed by atoms with E-state index in [1.807, 2.05) is 0 Å². The Hall–Kier alpha value is -1.02. The average molecular weight is 202 g/mol. The van der Waals surface area contributed by atoms with Crippen LogP contribution in [0.15, 0.2) is 24.3 Å². The summed E-state index contributed by atoms with van der Waals surface area (Å²) in [6.45, 7) is 3.65. The number of rotatable bonds is 2. The van der Waals surface area contributed by atoms with Crippen molar-refractivity contribution in [2.24, 2.45) is 0 Å². The molecule has 2 heterocycles. The molecule has 0 aromatic heterocycles. The molecule has 80 valence electrons. The van der Waals surface area contributed by atoms with Crippen LogP contribution in [0.25, 0.3) is 0 Å². The van der Waals surface area contributed by atoms with Crippen LogP contribution >= 0.6 is 0 Å². The van der Waals surface area contributed by atoms with Gasteiger partial charge in [0.1, 0.15) is 0 Å². The number of nitrogens with zero attached hydrogens (tertiary/aromatic N) is 1. The van der Waals surface area contributed by atoms with Crippen LogP contribution in [0.4, 0.5) is 5.69 Å². The molecule has 0 aliphatic carbocycles. The number of nitrogens with one attached hydrogen (secondary N) is 1. The summed E-state index contributed by atoms with van der Waals surface area (Å²) in [5, 5.41) is 3.44. The molecule has 0 amide bonds. The molecule has 2 fully saturated rings. The number of hydrogen-bond acceptors (Lipinski definition) is 2. The van der Waals surface area contributed by atoms with Gasteiger partial charge in [-0.25, -0.2) is 0 Å². The summed E-state index contributed by atoms with van der Waals surface area (Å²) in [4.78, 5) is 2.48. The summed E-state index contributed by atoms with van der Waals surface area (Å²) >= 11 is 0. The molecule has 1 aromatic carbocycles. The summed E-state index contributed by atoms with van der Waals surface area (Å²) in [6, 6.07) is 9.74. The molecular weight excluding hydrogens is 184 g/mol. The summed E-state index contributed by atoms with van der Waals surface area (Å²) in [5.74, 6) is 0. The van der Waals surface area contributed by atoms with Crippen molar-refractivity contribution in [3.63, 3.8) is 0 Å². The van der Waals surface area contributed by atoms with E-state index >= 15 is 0 Å².